The van der Waals surface area contributed by atoms with Gasteiger partial charge < -0.3 is 10.0 Å². The van der Waals surface area contributed by atoms with Gasteiger partial charge in [0.05, 0.1) is 21.9 Å². The van der Waals surface area contributed by atoms with Crippen molar-refractivity contribution in [2.24, 2.45) is 11.8 Å². The molecule has 0 aromatic heterocycles. The molecule has 2 fully saturated rings. The minimum atomic E-state index is -2.06. The Labute approximate surface area is 181 Å². The van der Waals surface area contributed by atoms with Crippen LogP contribution in [0.1, 0.15) is 32.1 Å². The van der Waals surface area contributed by atoms with Crippen LogP contribution in [0.25, 0.3) is 0 Å². The maximum Gasteiger partial charge on any atom is 0.309 e. The lowest BCUT2D eigenvalue weighted by molar-refractivity contribution is -0.151. The Hall–Kier alpha value is 0.420. The fourth-order valence-corrected chi connectivity index (χ4v) is 7.41. The lowest BCUT2D eigenvalue weighted by atomic mass is 9.80. The van der Waals surface area contributed by atoms with Crippen molar-refractivity contribution >= 4 is 81.5 Å². The van der Waals surface area contributed by atoms with Gasteiger partial charge in [-0.3, -0.25) is 9.59 Å². The zero-order valence-electron chi connectivity index (χ0n) is 13.7. The second kappa shape index (κ2) is 6.74. The lowest BCUT2D eigenvalue weighted by Crippen LogP contribution is -2.52. The van der Waals surface area contributed by atoms with Crippen molar-refractivity contribution in [3.63, 3.8) is 0 Å². The standard InChI is InChI=1S/C16H17Cl6NO3/c1-23(7-5-3-2-4-6-7)12(24)8-9(13(25)26)15(20)11(18)10(17)14(8,19)16(15,21)22/h7-9H,2-6H2,1H3,(H,25,26)/t8-,9-,14+,15+/m1/s1. The molecule has 0 aromatic rings. The molecule has 2 saturated carbocycles. The third kappa shape index (κ3) is 2.42. The number of amides is 1. The number of aliphatic carboxylic acids is 1. The first-order chi connectivity index (χ1) is 11.9. The van der Waals surface area contributed by atoms with Gasteiger partial charge in [0.1, 0.15) is 9.75 Å². The third-order valence-electron chi connectivity index (χ3n) is 5.94. The minimum absolute atomic E-state index is 0.00496. The molecule has 26 heavy (non-hydrogen) atoms. The molecule has 0 saturated heterocycles. The molecule has 0 aliphatic heterocycles. The van der Waals surface area contributed by atoms with E-state index in [9.17, 15) is 14.7 Å². The molecule has 3 rings (SSSR count). The molecule has 0 radical (unpaired) electrons. The molecule has 3 aliphatic rings. The van der Waals surface area contributed by atoms with Crippen molar-refractivity contribution < 1.29 is 14.7 Å². The van der Waals surface area contributed by atoms with Crippen LogP contribution >= 0.6 is 69.6 Å². The Morgan fingerprint density at radius 3 is 1.88 bits per heavy atom. The Morgan fingerprint density at radius 2 is 1.42 bits per heavy atom. The zero-order chi connectivity index (χ0) is 19.7. The topological polar surface area (TPSA) is 57.6 Å². The maximum atomic E-state index is 13.3. The molecule has 10 heteroatoms. The fourth-order valence-electron chi connectivity index (χ4n) is 4.48. The molecular formula is C16H17Cl6NO3. The third-order valence-corrected chi connectivity index (χ3v) is 10.2. The summed E-state index contributed by atoms with van der Waals surface area (Å²) in [5.74, 6) is -4.69. The number of rotatable bonds is 3. The predicted molar refractivity (Wildman–Crippen MR) is 105 cm³/mol. The fraction of sp³-hybridized carbons (Fsp3) is 0.750. The van der Waals surface area contributed by atoms with Crippen LogP contribution in [0.4, 0.5) is 0 Å². The minimum Gasteiger partial charge on any atom is -0.481 e. The van der Waals surface area contributed by atoms with E-state index < -0.39 is 37.8 Å². The number of fused-ring (bicyclic) bond motifs is 2. The Kier molecular flexibility index (Phi) is 5.48. The molecule has 4 nitrogen and oxygen atoms in total. The summed E-state index contributed by atoms with van der Waals surface area (Å²) in [6, 6.07) is -0.00496. The lowest BCUT2D eigenvalue weighted by Gasteiger charge is -2.39. The predicted octanol–water partition coefficient (Wildman–Crippen LogP) is 4.94. The summed E-state index contributed by atoms with van der Waals surface area (Å²) in [6.45, 7) is 0. The van der Waals surface area contributed by atoms with Crippen molar-refractivity contribution in [2.45, 2.75) is 52.2 Å². The number of hydrogen-bond donors (Lipinski definition) is 1. The van der Waals surface area contributed by atoms with Crippen LogP contribution in [-0.4, -0.2) is 49.1 Å². The number of carboxylic acid groups (broad SMARTS) is 1. The molecule has 2 bridgehead atoms. The van der Waals surface area contributed by atoms with Gasteiger partial charge in [0.25, 0.3) is 0 Å². The van der Waals surface area contributed by atoms with Gasteiger partial charge in [0.15, 0.2) is 4.33 Å². The zero-order valence-corrected chi connectivity index (χ0v) is 18.3. The molecule has 3 aliphatic carbocycles. The molecule has 146 valence electrons. The van der Waals surface area contributed by atoms with Crippen molar-refractivity contribution in [1.82, 2.24) is 4.90 Å². The van der Waals surface area contributed by atoms with E-state index in [4.69, 9.17) is 69.6 Å². The largest absolute Gasteiger partial charge is 0.481 e. The number of hydrogen-bond acceptors (Lipinski definition) is 2. The summed E-state index contributed by atoms with van der Waals surface area (Å²) in [7, 11) is 1.63. The summed E-state index contributed by atoms with van der Waals surface area (Å²) in [5.41, 5.74) is 0. The molecule has 0 unspecified atom stereocenters. The van der Waals surface area contributed by atoms with E-state index in [-0.39, 0.29) is 16.1 Å². The van der Waals surface area contributed by atoms with Crippen molar-refractivity contribution in [3.05, 3.63) is 10.1 Å². The number of allylic oxidation sites excluding steroid dienone is 2. The van der Waals surface area contributed by atoms with Crippen molar-refractivity contribution in [1.29, 1.82) is 0 Å². The van der Waals surface area contributed by atoms with Crippen molar-refractivity contribution in [2.75, 3.05) is 7.05 Å². The van der Waals surface area contributed by atoms with Gasteiger partial charge >= 0.3 is 5.97 Å². The highest BCUT2D eigenvalue weighted by Crippen LogP contribution is 2.76. The van der Waals surface area contributed by atoms with Crippen LogP contribution in [-0.2, 0) is 9.59 Å². The van der Waals surface area contributed by atoms with Crippen LogP contribution in [0.3, 0.4) is 0 Å². The first-order valence-corrected chi connectivity index (χ1v) is 10.5. The maximum absolute atomic E-state index is 13.3. The van der Waals surface area contributed by atoms with E-state index >= 15 is 0 Å². The normalized spacial score (nSPS) is 39.3. The van der Waals surface area contributed by atoms with Gasteiger partial charge in [-0.1, -0.05) is 65.7 Å². The number of nitrogens with zero attached hydrogens (tertiary/aromatic N) is 1. The van der Waals surface area contributed by atoms with E-state index in [0.29, 0.717) is 0 Å². The molecule has 1 amide bonds. The Balaban J connectivity index is 2.08. The quantitative estimate of drug-likeness (QED) is 0.578. The highest BCUT2D eigenvalue weighted by atomic mass is 35.5. The summed E-state index contributed by atoms with van der Waals surface area (Å²) in [4.78, 5) is 23.0. The van der Waals surface area contributed by atoms with Crippen LogP contribution in [0.15, 0.2) is 10.1 Å². The number of carbonyl (C=O) groups is 2. The van der Waals surface area contributed by atoms with Crippen LogP contribution < -0.4 is 0 Å². The molecule has 0 spiro atoms. The first-order valence-electron chi connectivity index (χ1n) is 8.25. The summed E-state index contributed by atoms with van der Waals surface area (Å²) >= 11 is 38.5. The highest BCUT2D eigenvalue weighted by Gasteiger charge is 2.85. The van der Waals surface area contributed by atoms with Gasteiger partial charge in [-0.15, -0.1) is 23.2 Å². The van der Waals surface area contributed by atoms with Gasteiger partial charge in [0, 0.05) is 13.1 Å². The van der Waals surface area contributed by atoms with Gasteiger partial charge in [-0.25, -0.2) is 0 Å². The number of carbonyl (C=O) groups excluding carboxylic acids is 1. The second-order valence-electron chi connectivity index (χ2n) is 7.16. The van der Waals surface area contributed by atoms with E-state index in [0.717, 1.165) is 32.1 Å². The number of carboxylic acids is 1. The SMILES string of the molecule is CN(C(=O)[C@H]1[C@H](C(=O)O)[C@]2(Cl)C(Cl)=C(Cl)[C@]1(Cl)C2(Cl)Cl)C1CCCCC1. The van der Waals surface area contributed by atoms with Crippen LogP contribution in [0.5, 0.6) is 0 Å². The van der Waals surface area contributed by atoms with Gasteiger partial charge in [-0.2, -0.15) is 0 Å². The molecule has 1 N–H and O–H groups in total. The average Bonchev–Trinajstić information content (AvgIpc) is 2.81. The molecule has 4 atom stereocenters. The molecular weight excluding hydrogens is 467 g/mol. The summed E-state index contributed by atoms with van der Waals surface area (Å²) < 4.78 is -2.06. The first kappa shape index (κ1) is 21.1. The highest BCUT2D eigenvalue weighted by molar-refractivity contribution is 6.66. The average molecular weight is 484 g/mol. The Bertz CT molecular complexity index is 691. The summed E-state index contributed by atoms with van der Waals surface area (Å²) in [6.07, 6.45) is 4.79. The molecule has 0 heterocycles. The van der Waals surface area contributed by atoms with Gasteiger partial charge in [0.2, 0.25) is 5.91 Å². The van der Waals surface area contributed by atoms with E-state index in [1.165, 1.54) is 4.90 Å². The number of alkyl halides is 4. The van der Waals surface area contributed by atoms with E-state index in [1.807, 2.05) is 0 Å². The number of halogens is 6. The second-order valence-corrected chi connectivity index (χ2v) is 10.4. The van der Waals surface area contributed by atoms with E-state index in [2.05, 4.69) is 0 Å². The van der Waals surface area contributed by atoms with Gasteiger partial charge in [-0.05, 0) is 12.8 Å². The van der Waals surface area contributed by atoms with Crippen LogP contribution in [0, 0.1) is 11.8 Å². The van der Waals surface area contributed by atoms with Crippen LogP contribution in [0.2, 0.25) is 0 Å². The smallest absolute Gasteiger partial charge is 0.309 e. The molecule has 0 aromatic carbocycles. The van der Waals surface area contributed by atoms with Crippen molar-refractivity contribution in [3.8, 4) is 0 Å². The van der Waals surface area contributed by atoms with E-state index in [1.54, 1.807) is 7.05 Å². The Morgan fingerprint density at radius 1 is 0.962 bits per heavy atom. The summed E-state index contributed by atoms with van der Waals surface area (Å²) in [5, 5.41) is 9.41. The monoisotopic (exact) mass is 481 g/mol.